The number of anilines is 1. The topological polar surface area (TPSA) is 60.5 Å². The van der Waals surface area contributed by atoms with Crippen molar-refractivity contribution in [2.75, 3.05) is 25.6 Å². The number of pyridine rings is 1. The zero-order valence-electron chi connectivity index (χ0n) is 11.6. The van der Waals surface area contributed by atoms with Gasteiger partial charge in [-0.25, -0.2) is 0 Å². The van der Waals surface area contributed by atoms with E-state index >= 15 is 0 Å². The lowest BCUT2D eigenvalue weighted by atomic mass is 10.2. The first-order valence-corrected chi connectivity index (χ1v) is 6.23. The smallest absolute Gasteiger partial charge is 0.255 e. The van der Waals surface area contributed by atoms with Crippen LogP contribution in [0.1, 0.15) is 10.4 Å². The highest BCUT2D eigenvalue weighted by molar-refractivity contribution is 6.04. The number of aromatic nitrogens is 1. The van der Waals surface area contributed by atoms with E-state index in [4.69, 9.17) is 9.47 Å². The third-order valence-corrected chi connectivity index (χ3v) is 2.61. The summed E-state index contributed by atoms with van der Waals surface area (Å²) < 4.78 is 10.3. The quantitative estimate of drug-likeness (QED) is 0.834. The van der Waals surface area contributed by atoms with E-state index in [0.717, 1.165) is 5.75 Å². The molecule has 1 aromatic heterocycles. The standard InChI is InChI=1S/C15H16N2O3.ClH/c1-19-10-11-20-14-4-2-13(3-5-14)17-15(18)12-6-8-16-9-7-12;/h2-9H,10-11H2,1H3,(H,17,18);1H. The van der Waals surface area contributed by atoms with Gasteiger partial charge in [0.25, 0.3) is 5.91 Å². The van der Waals surface area contributed by atoms with E-state index in [0.29, 0.717) is 24.5 Å². The molecule has 0 aliphatic carbocycles. The van der Waals surface area contributed by atoms with Gasteiger partial charge < -0.3 is 14.8 Å². The van der Waals surface area contributed by atoms with Crippen LogP contribution in [0, 0.1) is 0 Å². The number of methoxy groups -OCH3 is 1. The normalized spacial score (nSPS) is 9.57. The maximum Gasteiger partial charge on any atom is 0.255 e. The average molecular weight is 309 g/mol. The minimum atomic E-state index is -0.166. The number of hydrogen-bond acceptors (Lipinski definition) is 4. The Morgan fingerprint density at radius 2 is 1.76 bits per heavy atom. The van der Waals surface area contributed by atoms with Crippen molar-refractivity contribution in [1.29, 1.82) is 0 Å². The van der Waals surface area contributed by atoms with Crippen LogP contribution in [0.5, 0.6) is 5.75 Å². The van der Waals surface area contributed by atoms with Crippen LogP contribution in [0.4, 0.5) is 5.69 Å². The lowest BCUT2D eigenvalue weighted by molar-refractivity contribution is 0.102. The third-order valence-electron chi connectivity index (χ3n) is 2.61. The number of nitrogens with zero attached hydrogens (tertiary/aromatic N) is 1. The number of halogens is 1. The molecule has 1 heterocycles. The molecule has 5 nitrogen and oxygen atoms in total. The SMILES string of the molecule is COCCOc1ccc(NC(=O)c2ccncc2)cc1.Cl. The van der Waals surface area contributed by atoms with Gasteiger partial charge in [0.2, 0.25) is 0 Å². The maximum absolute atomic E-state index is 11.9. The van der Waals surface area contributed by atoms with Crippen molar-refractivity contribution in [2.45, 2.75) is 0 Å². The molecule has 0 radical (unpaired) electrons. The number of carbonyl (C=O) groups excluding carboxylic acids is 1. The molecule has 0 bridgehead atoms. The minimum absolute atomic E-state index is 0. The van der Waals surface area contributed by atoms with Gasteiger partial charge in [0.1, 0.15) is 12.4 Å². The highest BCUT2D eigenvalue weighted by atomic mass is 35.5. The van der Waals surface area contributed by atoms with Gasteiger partial charge >= 0.3 is 0 Å². The molecule has 0 saturated heterocycles. The predicted molar refractivity (Wildman–Crippen MR) is 83.3 cm³/mol. The fourth-order valence-corrected chi connectivity index (χ4v) is 1.58. The van der Waals surface area contributed by atoms with Crippen LogP contribution in [0.25, 0.3) is 0 Å². The van der Waals surface area contributed by atoms with Gasteiger partial charge in [0.05, 0.1) is 6.61 Å². The number of nitrogens with one attached hydrogen (secondary N) is 1. The summed E-state index contributed by atoms with van der Waals surface area (Å²) in [6, 6.07) is 10.5. The molecule has 0 spiro atoms. The second-order valence-corrected chi connectivity index (χ2v) is 4.06. The predicted octanol–water partition coefficient (Wildman–Crippen LogP) is 2.78. The van der Waals surface area contributed by atoms with E-state index in [-0.39, 0.29) is 18.3 Å². The van der Waals surface area contributed by atoms with Gasteiger partial charge in [-0.15, -0.1) is 12.4 Å². The van der Waals surface area contributed by atoms with Gasteiger partial charge in [-0.2, -0.15) is 0 Å². The molecular weight excluding hydrogens is 292 g/mol. The summed E-state index contributed by atoms with van der Waals surface area (Å²) >= 11 is 0. The van der Waals surface area contributed by atoms with E-state index in [1.807, 2.05) is 0 Å². The number of benzene rings is 1. The van der Waals surface area contributed by atoms with Crippen LogP contribution in [0.2, 0.25) is 0 Å². The van der Waals surface area contributed by atoms with E-state index in [9.17, 15) is 4.79 Å². The Bertz CT molecular complexity index is 547. The molecule has 0 aliphatic rings. The fraction of sp³-hybridized carbons (Fsp3) is 0.200. The van der Waals surface area contributed by atoms with Crippen molar-refractivity contribution >= 4 is 24.0 Å². The molecule has 112 valence electrons. The van der Waals surface area contributed by atoms with Crippen LogP contribution >= 0.6 is 12.4 Å². The zero-order valence-corrected chi connectivity index (χ0v) is 12.4. The molecule has 6 heteroatoms. The highest BCUT2D eigenvalue weighted by Gasteiger charge is 2.05. The molecule has 0 unspecified atom stereocenters. The first-order valence-electron chi connectivity index (χ1n) is 6.23. The minimum Gasteiger partial charge on any atom is -0.491 e. The Balaban J connectivity index is 0.00000220. The summed E-state index contributed by atoms with van der Waals surface area (Å²) in [5.41, 5.74) is 1.28. The second-order valence-electron chi connectivity index (χ2n) is 4.06. The van der Waals surface area contributed by atoms with E-state index < -0.39 is 0 Å². The molecule has 1 amide bonds. The van der Waals surface area contributed by atoms with Crippen molar-refractivity contribution in [3.05, 3.63) is 54.4 Å². The Kier molecular flexibility index (Phi) is 7.21. The van der Waals surface area contributed by atoms with Gasteiger partial charge in [0.15, 0.2) is 0 Å². The lowest BCUT2D eigenvalue weighted by Crippen LogP contribution is -2.11. The number of carbonyl (C=O) groups is 1. The van der Waals surface area contributed by atoms with E-state index in [1.165, 1.54) is 0 Å². The summed E-state index contributed by atoms with van der Waals surface area (Å²) in [5.74, 6) is 0.574. The monoisotopic (exact) mass is 308 g/mol. The van der Waals surface area contributed by atoms with Crippen molar-refractivity contribution in [3.63, 3.8) is 0 Å². The first-order chi connectivity index (χ1) is 9.79. The van der Waals surface area contributed by atoms with Crippen LogP contribution in [0.15, 0.2) is 48.8 Å². The van der Waals surface area contributed by atoms with Crippen LogP contribution in [-0.2, 0) is 4.74 Å². The number of hydrogen-bond donors (Lipinski definition) is 1. The van der Waals surface area contributed by atoms with Gasteiger partial charge in [-0.05, 0) is 36.4 Å². The maximum atomic E-state index is 11.9. The Morgan fingerprint density at radius 3 is 2.38 bits per heavy atom. The molecule has 1 aromatic carbocycles. The number of rotatable bonds is 6. The molecular formula is C15H17ClN2O3. The molecule has 0 saturated carbocycles. The Morgan fingerprint density at radius 1 is 1.10 bits per heavy atom. The molecule has 21 heavy (non-hydrogen) atoms. The summed E-state index contributed by atoms with van der Waals surface area (Å²) in [7, 11) is 1.63. The van der Waals surface area contributed by atoms with Crippen molar-refractivity contribution in [3.8, 4) is 5.75 Å². The van der Waals surface area contributed by atoms with Gasteiger partial charge in [0, 0.05) is 30.8 Å². The highest BCUT2D eigenvalue weighted by Crippen LogP contribution is 2.16. The molecule has 2 rings (SSSR count). The molecule has 2 aromatic rings. The lowest BCUT2D eigenvalue weighted by Gasteiger charge is -2.08. The molecule has 0 aliphatic heterocycles. The molecule has 1 N–H and O–H groups in total. The Labute approximate surface area is 129 Å². The van der Waals surface area contributed by atoms with Crippen LogP contribution < -0.4 is 10.1 Å². The first kappa shape index (κ1) is 16.9. The second kappa shape index (κ2) is 8.94. The van der Waals surface area contributed by atoms with E-state index in [2.05, 4.69) is 10.3 Å². The summed E-state index contributed by atoms with van der Waals surface area (Å²) in [5, 5.41) is 2.81. The Hall–Kier alpha value is -2.11. The van der Waals surface area contributed by atoms with Crippen molar-refractivity contribution in [1.82, 2.24) is 4.98 Å². The average Bonchev–Trinajstić information content (AvgIpc) is 2.50. The van der Waals surface area contributed by atoms with Crippen LogP contribution in [0.3, 0.4) is 0 Å². The molecule has 0 fully saturated rings. The zero-order chi connectivity index (χ0) is 14.2. The fourth-order valence-electron chi connectivity index (χ4n) is 1.58. The summed E-state index contributed by atoms with van der Waals surface area (Å²) in [4.78, 5) is 15.8. The number of ether oxygens (including phenoxy) is 2. The largest absolute Gasteiger partial charge is 0.491 e. The van der Waals surface area contributed by atoms with Crippen LogP contribution in [-0.4, -0.2) is 31.2 Å². The molecule has 0 atom stereocenters. The number of amides is 1. The summed E-state index contributed by atoms with van der Waals surface area (Å²) in [6.45, 7) is 1.04. The van der Waals surface area contributed by atoms with Crippen molar-refractivity contribution < 1.29 is 14.3 Å². The van der Waals surface area contributed by atoms with Gasteiger partial charge in [-0.1, -0.05) is 0 Å². The van der Waals surface area contributed by atoms with Crippen molar-refractivity contribution in [2.24, 2.45) is 0 Å². The summed E-state index contributed by atoms with van der Waals surface area (Å²) in [6.07, 6.45) is 3.17. The van der Waals surface area contributed by atoms with Gasteiger partial charge in [-0.3, -0.25) is 9.78 Å². The van der Waals surface area contributed by atoms with E-state index in [1.54, 1.807) is 55.9 Å². The third kappa shape index (κ3) is 5.41.